The van der Waals surface area contributed by atoms with Crippen molar-refractivity contribution in [2.45, 2.75) is 12.6 Å². The summed E-state index contributed by atoms with van der Waals surface area (Å²) >= 11 is 0.648. The number of ether oxygens (including phenoxy) is 1. The fourth-order valence-electron chi connectivity index (χ4n) is 1.18. The van der Waals surface area contributed by atoms with Crippen LogP contribution in [-0.4, -0.2) is 31.8 Å². The zero-order valence-electron chi connectivity index (χ0n) is 9.96. The lowest BCUT2D eigenvalue weighted by Gasteiger charge is -2.00. The van der Waals surface area contributed by atoms with Gasteiger partial charge in [-0.15, -0.1) is 11.3 Å². The predicted molar refractivity (Wildman–Crippen MR) is 65.5 cm³/mol. The Morgan fingerprint density at radius 1 is 1.44 bits per heavy atom. The second-order valence-electron chi connectivity index (χ2n) is 3.50. The first-order chi connectivity index (χ1) is 8.54. The molecule has 0 fully saturated rings. The highest BCUT2D eigenvalue weighted by Crippen LogP contribution is 2.32. The second kappa shape index (κ2) is 7.50. The Hall–Kier alpha value is -0.920. The van der Waals surface area contributed by atoms with Gasteiger partial charge < -0.3 is 10.1 Å². The van der Waals surface area contributed by atoms with Crippen molar-refractivity contribution in [3.63, 3.8) is 0 Å². The predicted octanol–water partition coefficient (Wildman–Crippen LogP) is 2.80. The number of halogens is 3. The molecule has 18 heavy (non-hydrogen) atoms. The van der Waals surface area contributed by atoms with E-state index in [0.29, 0.717) is 22.8 Å². The number of methoxy groups -OCH3 is 1. The normalized spacial score (nSPS) is 12.4. The fraction of sp³-hybridized carbons (Fsp3) is 0.545. The number of nitrogens with one attached hydrogen (secondary N) is 1. The summed E-state index contributed by atoms with van der Waals surface area (Å²) in [5.74, 6) is 0. The summed E-state index contributed by atoms with van der Waals surface area (Å²) in [5.41, 5.74) is 0. The minimum atomic E-state index is -4.35. The standard InChI is InChI=1S/C11H15F3N2OS/c1-17-7-6-15-5-3-2-4-9-8-16-10(18-9)11(12,13)14/h2,4,8,15H,3,5-7H2,1H3/b4-2+. The van der Waals surface area contributed by atoms with Crippen LogP contribution in [0, 0.1) is 0 Å². The number of hydrogen-bond acceptors (Lipinski definition) is 4. The number of rotatable bonds is 7. The van der Waals surface area contributed by atoms with E-state index in [1.807, 2.05) is 6.08 Å². The Labute approximate surface area is 108 Å². The molecule has 3 nitrogen and oxygen atoms in total. The largest absolute Gasteiger partial charge is 0.443 e. The van der Waals surface area contributed by atoms with Gasteiger partial charge in [-0.2, -0.15) is 13.2 Å². The van der Waals surface area contributed by atoms with Crippen molar-refractivity contribution in [3.05, 3.63) is 22.2 Å². The van der Waals surface area contributed by atoms with E-state index >= 15 is 0 Å². The van der Waals surface area contributed by atoms with E-state index in [-0.39, 0.29) is 0 Å². The molecule has 0 aliphatic carbocycles. The highest BCUT2D eigenvalue weighted by Gasteiger charge is 2.34. The third kappa shape index (κ3) is 5.61. The van der Waals surface area contributed by atoms with Gasteiger partial charge in [0.2, 0.25) is 0 Å². The third-order valence-corrected chi connectivity index (χ3v) is 3.03. The number of aromatic nitrogens is 1. The molecule has 1 aromatic rings. The summed E-state index contributed by atoms with van der Waals surface area (Å²) in [6.45, 7) is 2.18. The van der Waals surface area contributed by atoms with Crippen LogP contribution in [0.4, 0.5) is 13.2 Å². The highest BCUT2D eigenvalue weighted by atomic mass is 32.1. The van der Waals surface area contributed by atoms with Gasteiger partial charge in [0, 0.05) is 24.7 Å². The molecule has 1 N–H and O–H groups in total. The molecular weight excluding hydrogens is 265 g/mol. The van der Waals surface area contributed by atoms with Gasteiger partial charge >= 0.3 is 6.18 Å². The molecule has 102 valence electrons. The van der Waals surface area contributed by atoms with E-state index in [4.69, 9.17) is 4.74 Å². The first-order valence-corrected chi connectivity index (χ1v) is 6.25. The van der Waals surface area contributed by atoms with Crippen molar-refractivity contribution in [1.82, 2.24) is 10.3 Å². The summed E-state index contributed by atoms with van der Waals surface area (Å²) in [6.07, 6.45) is 1.13. The summed E-state index contributed by atoms with van der Waals surface area (Å²) in [4.78, 5) is 3.85. The lowest BCUT2D eigenvalue weighted by Crippen LogP contribution is -2.19. The molecule has 1 rings (SSSR count). The molecule has 1 heterocycles. The lowest BCUT2D eigenvalue weighted by molar-refractivity contribution is -0.137. The zero-order chi connectivity index (χ0) is 13.4. The van der Waals surface area contributed by atoms with Crippen LogP contribution in [0.3, 0.4) is 0 Å². The first kappa shape index (κ1) is 15.1. The maximum atomic E-state index is 12.3. The van der Waals surface area contributed by atoms with Crippen LogP contribution in [0.1, 0.15) is 16.3 Å². The van der Waals surface area contributed by atoms with Crippen LogP contribution in [0.15, 0.2) is 12.3 Å². The van der Waals surface area contributed by atoms with Crippen LogP contribution >= 0.6 is 11.3 Å². The molecule has 0 aromatic carbocycles. The van der Waals surface area contributed by atoms with Crippen molar-refractivity contribution in [3.8, 4) is 0 Å². The molecule has 0 unspecified atom stereocenters. The Morgan fingerprint density at radius 2 is 2.22 bits per heavy atom. The molecule has 0 amide bonds. The molecule has 0 aliphatic rings. The van der Waals surface area contributed by atoms with Crippen LogP contribution in [0.25, 0.3) is 6.08 Å². The average molecular weight is 280 g/mol. The molecule has 0 saturated carbocycles. The Bertz CT molecular complexity index is 377. The van der Waals surface area contributed by atoms with E-state index in [1.165, 1.54) is 6.20 Å². The van der Waals surface area contributed by atoms with Crippen LogP contribution in [0.2, 0.25) is 0 Å². The van der Waals surface area contributed by atoms with Gasteiger partial charge in [-0.05, 0) is 19.0 Å². The van der Waals surface area contributed by atoms with Gasteiger partial charge in [0.25, 0.3) is 0 Å². The maximum absolute atomic E-state index is 12.3. The first-order valence-electron chi connectivity index (χ1n) is 5.43. The summed E-state index contributed by atoms with van der Waals surface area (Å²) < 4.78 is 41.7. The molecule has 0 radical (unpaired) electrons. The number of hydrogen-bond donors (Lipinski definition) is 1. The molecule has 7 heteroatoms. The smallest absolute Gasteiger partial charge is 0.383 e. The van der Waals surface area contributed by atoms with Gasteiger partial charge in [-0.1, -0.05) is 6.08 Å². The van der Waals surface area contributed by atoms with Crippen molar-refractivity contribution < 1.29 is 17.9 Å². The topological polar surface area (TPSA) is 34.1 Å². The number of nitrogens with zero attached hydrogens (tertiary/aromatic N) is 1. The van der Waals surface area contributed by atoms with Gasteiger partial charge in [-0.25, -0.2) is 4.98 Å². The second-order valence-corrected chi connectivity index (χ2v) is 4.56. The van der Waals surface area contributed by atoms with Crippen molar-refractivity contribution in [2.24, 2.45) is 0 Å². The van der Waals surface area contributed by atoms with Gasteiger partial charge in [0.05, 0.1) is 6.61 Å². The SMILES string of the molecule is COCCNCC/C=C/c1cnc(C(F)(F)F)s1. The van der Waals surface area contributed by atoms with Gasteiger partial charge in [0.1, 0.15) is 0 Å². The monoisotopic (exact) mass is 280 g/mol. The Balaban J connectivity index is 2.28. The van der Waals surface area contributed by atoms with Crippen molar-refractivity contribution in [1.29, 1.82) is 0 Å². The molecule has 0 bridgehead atoms. The Kier molecular flexibility index (Phi) is 6.31. The number of thiazole rings is 1. The summed E-state index contributed by atoms with van der Waals surface area (Å²) in [6, 6.07) is 0. The molecular formula is C11H15F3N2OS. The van der Waals surface area contributed by atoms with E-state index in [1.54, 1.807) is 13.2 Å². The fourth-order valence-corrected chi connectivity index (χ4v) is 1.89. The average Bonchev–Trinajstić information content (AvgIpc) is 2.76. The van der Waals surface area contributed by atoms with Crippen LogP contribution in [0.5, 0.6) is 0 Å². The lowest BCUT2D eigenvalue weighted by atomic mass is 10.3. The van der Waals surface area contributed by atoms with Gasteiger partial charge in [0.15, 0.2) is 5.01 Å². The van der Waals surface area contributed by atoms with Crippen molar-refractivity contribution >= 4 is 17.4 Å². The summed E-state index contributed by atoms with van der Waals surface area (Å²) in [7, 11) is 1.63. The highest BCUT2D eigenvalue weighted by molar-refractivity contribution is 7.12. The molecule has 1 aromatic heterocycles. The molecule has 0 aliphatic heterocycles. The number of alkyl halides is 3. The quantitative estimate of drug-likeness (QED) is 0.780. The van der Waals surface area contributed by atoms with E-state index < -0.39 is 11.2 Å². The van der Waals surface area contributed by atoms with E-state index in [0.717, 1.165) is 19.5 Å². The minimum Gasteiger partial charge on any atom is -0.383 e. The van der Waals surface area contributed by atoms with Crippen LogP contribution < -0.4 is 5.32 Å². The summed E-state index contributed by atoms with van der Waals surface area (Å²) in [5, 5.41) is 2.33. The Morgan fingerprint density at radius 3 is 2.83 bits per heavy atom. The molecule has 0 spiro atoms. The van der Waals surface area contributed by atoms with E-state index in [2.05, 4.69) is 10.3 Å². The third-order valence-electron chi connectivity index (χ3n) is 2.02. The molecule has 0 atom stereocenters. The van der Waals surface area contributed by atoms with Crippen LogP contribution in [-0.2, 0) is 10.9 Å². The van der Waals surface area contributed by atoms with Crippen molar-refractivity contribution in [2.75, 3.05) is 26.8 Å². The minimum absolute atomic E-state index is 0.513. The van der Waals surface area contributed by atoms with Gasteiger partial charge in [-0.3, -0.25) is 0 Å². The zero-order valence-corrected chi connectivity index (χ0v) is 10.8. The molecule has 0 saturated heterocycles. The van der Waals surface area contributed by atoms with E-state index in [9.17, 15) is 13.2 Å². The maximum Gasteiger partial charge on any atom is 0.443 e.